The molecule has 1 rings (SSSR count). The van der Waals surface area contributed by atoms with Gasteiger partial charge in [0.2, 0.25) is 0 Å². The fraction of sp³-hybridized carbons (Fsp3) is 0.467. The Bertz CT molecular complexity index is 493. The second-order valence-electron chi connectivity index (χ2n) is 5.54. The number of halogens is 1. The van der Waals surface area contributed by atoms with Gasteiger partial charge in [0.15, 0.2) is 0 Å². The van der Waals surface area contributed by atoms with Crippen LogP contribution in [-0.2, 0) is 0 Å². The third-order valence-electron chi connectivity index (χ3n) is 3.87. The van der Waals surface area contributed by atoms with E-state index in [-0.39, 0.29) is 0 Å². The standard InChI is InChI=1S/C15H27ClN3OP/c1-17(2)21(16,18(3)4,19(5)6)13-12-14-10-8-9-11-15(14)20-7/h8-13H,1-7H3/b13-12+. The van der Waals surface area contributed by atoms with Crippen LogP contribution in [0.15, 0.2) is 30.1 Å². The average Bonchev–Trinajstić information content (AvgIpc) is 2.44. The molecule has 1 aromatic carbocycles. The number of hydrogen-bond acceptors (Lipinski definition) is 4. The molecule has 0 amide bonds. The molecule has 0 aliphatic carbocycles. The predicted octanol–water partition coefficient (Wildman–Crippen LogP) is 3.80. The average molecular weight is 332 g/mol. The summed E-state index contributed by atoms with van der Waals surface area (Å²) in [7, 11) is 13.7. The van der Waals surface area contributed by atoms with Crippen LogP contribution < -0.4 is 4.74 Å². The summed E-state index contributed by atoms with van der Waals surface area (Å²) in [5, 5.41) is 0. The van der Waals surface area contributed by atoms with Gasteiger partial charge in [0.1, 0.15) is 0 Å². The Kier molecular flexibility index (Phi) is 5.82. The second kappa shape index (κ2) is 6.64. The number of rotatable bonds is 6. The monoisotopic (exact) mass is 331 g/mol. The van der Waals surface area contributed by atoms with Gasteiger partial charge in [-0.15, -0.1) is 0 Å². The van der Waals surface area contributed by atoms with E-state index < -0.39 is 6.41 Å². The van der Waals surface area contributed by atoms with Crippen LogP contribution in [0.3, 0.4) is 0 Å². The minimum absolute atomic E-state index is 0.840. The van der Waals surface area contributed by atoms with E-state index >= 15 is 0 Å². The van der Waals surface area contributed by atoms with Crippen LogP contribution >= 0.6 is 17.6 Å². The fourth-order valence-corrected chi connectivity index (χ4v) is 6.02. The van der Waals surface area contributed by atoms with Gasteiger partial charge < -0.3 is 0 Å². The van der Waals surface area contributed by atoms with Gasteiger partial charge in [-0.1, -0.05) is 0 Å². The number of benzene rings is 1. The number of methoxy groups -OCH3 is 1. The maximum atomic E-state index is 7.23. The molecule has 0 bridgehead atoms. The van der Waals surface area contributed by atoms with Crippen LogP contribution in [0.25, 0.3) is 6.08 Å². The van der Waals surface area contributed by atoms with Crippen LogP contribution in [0.2, 0.25) is 0 Å². The Morgan fingerprint density at radius 2 is 1.43 bits per heavy atom. The number of hydrogen-bond donors (Lipinski definition) is 0. The Morgan fingerprint density at radius 3 is 1.86 bits per heavy atom. The van der Waals surface area contributed by atoms with Gasteiger partial charge in [-0.05, 0) is 0 Å². The van der Waals surface area contributed by atoms with Crippen molar-refractivity contribution in [3.63, 3.8) is 0 Å². The van der Waals surface area contributed by atoms with E-state index in [2.05, 4.69) is 19.8 Å². The molecule has 0 heterocycles. The molecule has 0 aliphatic rings. The summed E-state index contributed by atoms with van der Waals surface area (Å²) in [5.41, 5.74) is 1.01. The number of para-hydroxylation sites is 1. The first-order chi connectivity index (χ1) is 9.68. The molecule has 4 nitrogen and oxygen atoms in total. The molecule has 6 heteroatoms. The summed E-state index contributed by atoms with van der Waals surface area (Å²) in [4.78, 5) is 0. The third-order valence-corrected chi connectivity index (χ3v) is 12.0. The van der Waals surface area contributed by atoms with Crippen molar-refractivity contribution in [3.05, 3.63) is 35.6 Å². The first-order valence-electron chi connectivity index (χ1n) is 6.77. The summed E-state index contributed by atoms with van der Waals surface area (Å²) in [6.07, 6.45) is -0.956. The van der Waals surface area contributed by atoms with Crippen molar-refractivity contribution < 1.29 is 4.74 Å². The summed E-state index contributed by atoms with van der Waals surface area (Å²) >= 11 is 7.23. The number of ether oxygens (including phenoxy) is 1. The minimum atomic E-state index is -3.00. The molecule has 120 valence electrons. The zero-order chi connectivity index (χ0) is 16.3. The maximum absolute atomic E-state index is 7.23. The van der Waals surface area contributed by atoms with Crippen LogP contribution in [-0.4, -0.2) is 63.4 Å². The molecule has 0 unspecified atom stereocenters. The zero-order valence-corrected chi connectivity index (χ0v) is 15.7. The van der Waals surface area contributed by atoms with Gasteiger partial charge in [0.25, 0.3) is 0 Å². The molecule has 0 atom stereocenters. The zero-order valence-electron chi connectivity index (χ0n) is 14.0. The van der Waals surface area contributed by atoms with Crippen molar-refractivity contribution in [2.45, 2.75) is 0 Å². The van der Waals surface area contributed by atoms with E-state index in [0.29, 0.717) is 0 Å². The predicted molar refractivity (Wildman–Crippen MR) is 95.9 cm³/mol. The van der Waals surface area contributed by atoms with Crippen LogP contribution in [0.1, 0.15) is 5.56 Å². The fourth-order valence-electron chi connectivity index (χ4n) is 2.49. The van der Waals surface area contributed by atoms with Crippen LogP contribution in [0, 0.1) is 0 Å². The van der Waals surface area contributed by atoms with Gasteiger partial charge in [-0.25, -0.2) is 0 Å². The summed E-state index contributed by atoms with van der Waals surface area (Å²) in [6.45, 7) is 0. The topological polar surface area (TPSA) is 19.0 Å². The van der Waals surface area contributed by atoms with Crippen LogP contribution in [0.4, 0.5) is 0 Å². The molecule has 0 N–H and O–H groups in total. The van der Waals surface area contributed by atoms with Crippen molar-refractivity contribution in [2.75, 3.05) is 49.4 Å². The van der Waals surface area contributed by atoms with Gasteiger partial charge in [-0.3, -0.25) is 0 Å². The molecule has 0 aromatic heterocycles. The Balaban J connectivity index is 3.41. The molecular weight excluding hydrogens is 305 g/mol. The molecule has 0 aliphatic heterocycles. The van der Waals surface area contributed by atoms with E-state index in [9.17, 15) is 0 Å². The van der Waals surface area contributed by atoms with E-state index in [1.807, 2.05) is 72.6 Å². The van der Waals surface area contributed by atoms with Crippen LogP contribution in [0.5, 0.6) is 5.75 Å². The van der Waals surface area contributed by atoms with Gasteiger partial charge in [-0.2, -0.15) is 0 Å². The van der Waals surface area contributed by atoms with Crippen molar-refractivity contribution in [2.24, 2.45) is 0 Å². The molecule has 21 heavy (non-hydrogen) atoms. The molecule has 0 saturated carbocycles. The summed E-state index contributed by atoms with van der Waals surface area (Å²) in [6, 6.07) is 7.92. The normalized spacial score (nSPS) is 14.9. The molecule has 0 saturated heterocycles. The number of nitrogens with zero attached hydrogens (tertiary/aromatic N) is 3. The van der Waals surface area contributed by atoms with E-state index in [1.54, 1.807) is 7.11 Å². The van der Waals surface area contributed by atoms with E-state index in [1.165, 1.54) is 0 Å². The molecule has 0 spiro atoms. The Morgan fingerprint density at radius 1 is 0.952 bits per heavy atom. The third kappa shape index (κ3) is 3.10. The van der Waals surface area contributed by atoms with Crippen molar-refractivity contribution >= 4 is 23.7 Å². The Labute approximate surface area is 133 Å². The molecule has 0 radical (unpaired) electrons. The summed E-state index contributed by atoms with van der Waals surface area (Å²) in [5.74, 6) is 2.94. The molecule has 1 aromatic rings. The van der Waals surface area contributed by atoms with Crippen molar-refractivity contribution in [1.29, 1.82) is 0 Å². The second-order valence-corrected chi connectivity index (χ2v) is 12.1. The van der Waals surface area contributed by atoms with Gasteiger partial charge in [0.05, 0.1) is 0 Å². The Hall–Kier alpha value is -0.640. The molecule has 0 fully saturated rings. The van der Waals surface area contributed by atoms with Crippen molar-refractivity contribution in [3.8, 4) is 5.75 Å². The van der Waals surface area contributed by atoms with Gasteiger partial charge in [0, 0.05) is 0 Å². The first-order valence-corrected chi connectivity index (χ1v) is 9.84. The van der Waals surface area contributed by atoms with Gasteiger partial charge >= 0.3 is 133 Å². The first kappa shape index (κ1) is 18.4. The molecular formula is C15H27ClN3OP. The quantitative estimate of drug-likeness (QED) is 0.738. The van der Waals surface area contributed by atoms with E-state index in [0.717, 1.165) is 11.3 Å². The SMILES string of the molecule is COc1ccccc1/C=C/P(Cl)(N(C)C)(N(C)C)N(C)C. The van der Waals surface area contributed by atoms with Crippen molar-refractivity contribution in [1.82, 2.24) is 14.0 Å². The summed E-state index contributed by atoms with van der Waals surface area (Å²) < 4.78 is 11.7. The van der Waals surface area contributed by atoms with E-state index in [4.69, 9.17) is 16.0 Å².